The monoisotopic (exact) mass is 384 g/mol. The lowest BCUT2D eigenvalue weighted by molar-refractivity contribution is -0.106. The van der Waals surface area contributed by atoms with Gasteiger partial charge in [0.1, 0.15) is 23.0 Å². The molecule has 2 N–H and O–H groups in total. The first-order valence-electron chi connectivity index (χ1n) is 9.94. The number of hydrogen-bond donors (Lipinski definition) is 2. The Hall–Kier alpha value is -2.60. The molecule has 0 aliphatic carbocycles. The molecule has 3 rings (SSSR count). The largest absolute Gasteiger partial charge is 0.486 e. The fraction of sp³-hybridized carbons (Fsp3) is 0.455. The first-order valence-corrected chi connectivity index (χ1v) is 9.94. The number of carbonyl (C=O) groups is 1. The SMILES string of the molecule is CCCCC[C@]1(O)CCN(C(=O)c2ccc[nH]c2=O)C[C@@H]1Oc1ccccc1. The van der Waals surface area contributed by atoms with E-state index in [4.69, 9.17) is 4.74 Å². The van der Waals surface area contributed by atoms with E-state index in [-0.39, 0.29) is 18.0 Å². The predicted molar refractivity (Wildman–Crippen MR) is 108 cm³/mol. The van der Waals surface area contributed by atoms with Gasteiger partial charge in [0.2, 0.25) is 0 Å². The van der Waals surface area contributed by atoms with Crippen molar-refractivity contribution >= 4 is 5.91 Å². The quantitative estimate of drug-likeness (QED) is 0.719. The van der Waals surface area contributed by atoms with Crippen LogP contribution in [0.4, 0.5) is 0 Å². The van der Waals surface area contributed by atoms with Gasteiger partial charge in [-0.25, -0.2) is 0 Å². The van der Waals surface area contributed by atoms with E-state index < -0.39 is 17.3 Å². The lowest BCUT2D eigenvalue weighted by Crippen LogP contribution is -2.59. The molecular formula is C22H28N2O4. The molecule has 1 aromatic heterocycles. The van der Waals surface area contributed by atoms with Gasteiger partial charge in [-0.1, -0.05) is 44.4 Å². The lowest BCUT2D eigenvalue weighted by Gasteiger charge is -2.44. The molecule has 2 heterocycles. The second-order valence-corrected chi connectivity index (χ2v) is 7.39. The van der Waals surface area contributed by atoms with Crippen molar-refractivity contribution in [2.45, 2.75) is 50.7 Å². The normalized spacial score (nSPS) is 22.1. The predicted octanol–water partition coefficient (Wildman–Crippen LogP) is 2.98. The van der Waals surface area contributed by atoms with Crippen LogP contribution in [0.5, 0.6) is 5.75 Å². The Labute approximate surface area is 165 Å². The van der Waals surface area contributed by atoms with Crippen LogP contribution in [0.2, 0.25) is 0 Å². The van der Waals surface area contributed by atoms with Crippen LogP contribution in [0.1, 0.15) is 49.4 Å². The maximum absolute atomic E-state index is 12.9. The van der Waals surface area contributed by atoms with Crippen LogP contribution in [0, 0.1) is 0 Å². The van der Waals surface area contributed by atoms with Crippen molar-refractivity contribution in [1.82, 2.24) is 9.88 Å². The first kappa shape index (κ1) is 20.1. The Balaban J connectivity index is 1.80. The highest BCUT2D eigenvalue weighted by Crippen LogP contribution is 2.32. The summed E-state index contributed by atoms with van der Waals surface area (Å²) in [4.78, 5) is 29.0. The molecule has 1 aliphatic rings. The molecule has 0 unspecified atom stereocenters. The molecule has 0 bridgehead atoms. The zero-order chi connectivity index (χ0) is 20.0. The lowest BCUT2D eigenvalue weighted by atomic mass is 9.83. The van der Waals surface area contributed by atoms with Crippen molar-refractivity contribution < 1.29 is 14.6 Å². The number of ether oxygens (including phenoxy) is 1. The van der Waals surface area contributed by atoms with Gasteiger partial charge in [0, 0.05) is 12.7 Å². The number of amides is 1. The third kappa shape index (κ3) is 4.62. The number of aromatic amines is 1. The van der Waals surface area contributed by atoms with Gasteiger partial charge in [0.05, 0.1) is 6.54 Å². The molecule has 1 fully saturated rings. The Morgan fingerprint density at radius 3 is 2.75 bits per heavy atom. The summed E-state index contributed by atoms with van der Waals surface area (Å²) in [5, 5.41) is 11.3. The van der Waals surface area contributed by atoms with Gasteiger partial charge in [-0.05, 0) is 37.1 Å². The van der Waals surface area contributed by atoms with Gasteiger partial charge in [-0.3, -0.25) is 9.59 Å². The maximum Gasteiger partial charge on any atom is 0.260 e. The third-order valence-corrected chi connectivity index (χ3v) is 5.37. The highest BCUT2D eigenvalue weighted by molar-refractivity contribution is 5.93. The molecule has 1 amide bonds. The van der Waals surface area contributed by atoms with E-state index in [0.717, 1.165) is 19.3 Å². The highest BCUT2D eigenvalue weighted by Gasteiger charge is 2.44. The maximum atomic E-state index is 12.9. The Kier molecular flexibility index (Phi) is 6.52. The number of benzene rings is 1. The number of nitrogens with zero attached hydrogens (tertiary/aromatic N) is 1. The number of rotatable bonds is 7. The summed E-state index contributed by atoms with van der Waals surface area (Å²) in [7, 11) is 0. The van der Waals surface area contributed by atoms with Gasteiger partial charge in [-0.15, -0.1) is 0 Å². The van der Waals surface area contributed by atoms with E-state index in [2.05, 4.69) is 11.9 Å². The van der Waals surface area contributed by atoms with Gasteiger partial charge < -0.3 is 19.7 Å². The number of likely N-dealkylation sites (tertiary alicyclic amines) is 1. The van der Waals surface area contributed by atoms with E-state index in [1.54, 1.807) is 11.0 Å². The molecule has 0 saturated carbocycles. The fourth-order valence-electron chi connectivity index (χ4n) is 3.67. The molecule has 1 aliphatic heterocycles. The van der Waals surface area contributed by atoms with Crippen LogP contribution in [-0.4, -0.2) is 45.7 Å². The Morgan fingerprint density at radius 2 is 2.04 bits per heavy atom. The smallest absolute Gasteiger partial charge is 0.260 e. The number of para-hydroxylation sites is 1. The summed E-state index contributed by atoms with van der Waals surface area (Å²) < 4.78 is 6.12. The minimum atomic E-state index is -0.995. The molecule has 1 saturated heterocycles. The number of nitrogens with one attached hydrogen (secondary N) is 1. The Bertz CT molecular complexity index is 836. The molecule has 6 heteroatoms. The summed E-state index contributed by atoms with van der Waals surface area (Å²) in [6.07, 6.45) is 5.03. The third-order valence-electron chi connectivity index (χ3n) is 5.37. The molecule has 150 valence electrons. The van der Waals surface area contributed by atoms with Crippen molar-refractivity contribution in [2.24, 2.45) is 0 Å². The summed E-state index contributed by atoms with van der Waals surface area (Å²) in [6.45, 7) is 2.76. The molecule has 6 nitrogen and oxygen atoms in total. The van der Waals surface area contributed by atoms with Crippen molar-refractivity contribution in [3.63, 3.8) is 0 Å². The van der Waals surface area contributed by atoms with Crippen molar-refractivity contribution in [2.75, 3.05) is 13.1 Å². The van der Waals surface area contributed by atoms with E-state index >= 15 is 0 Å². The standard InChI is InChI=1S/C22H28N2O4/c1-2-3-7-12-22(27)13-15-24(21(26)18-11-8-14-23-20(18)25)16-19(22)28-17-9-5-4-6-10-17/h4-6,8-11,14,19,27H,2-3,7,12-13,15-16H2,1H3,(H,23,25)/t19-,22-/m0/s1. The van der Waals surface area contributed by atoms with Crippen LogP contribution in [-0.2, 0) is 0 Å². The minimum Gasteiger partial charge on any atom is -0.486 e. The van der Waals surface area contributed by atoms with Gasteiger partial charge in [0.25, 0.3) is 11.5 Å². The Morgan fingerprint density at radius 1 is 1.25 bits per heavy atom. The van der Waals surface area contributed by atoms with Gasteiger partial charge >= 0.3 is 0 Å². The second kappa shape index (κ2) is 9.06. The molecule has 1 aromatic carbocycles. The number of aromatic nitrogens is 1. The number of aliphatic hydroxyl groups is 1. The summed E-state index contributed by atoms with van der Waals surface area (Å²) >= 11 is 0. The molecule has 2 aromatic rings. The highest BCUT2D eigenvalue weighted by atomic mass is 16.5. The van der Waals surface area contributed by atoms with Gasteiger partial charge in [-0.2, -0.15) is 0 Å². The molecule has 0 spiro atoms. The number of H-pyrrole nitrogens is 1. The van der Waals surface area contributed by atoms with Crippen LogP contribution < -0.4 is 10.3 Å². The number of unbranched alkanes of at least 4 members (excludes halogenated alkanes) is 2. The average Bonchev–Trinajstić information content (AvgIpc) is 2.71. The number of pyridine rings is 1. The molecule has 28 heavy (non-hydrogen) atoms. The zero-order valence-corrected chi connectivity index (χ0v) is 16.3. The fourth-order valence-corrected chi connectivity index (χ4v) is 3.67. The van der Waals surface area contributed by atoms with Crippen LogP contribution in [0.25, 0.3) is 0 Å². The topological polar surface area (TPSA) is 82.6 Å². The number of hydrogen-bond acceptors (Lipinski definition) is 4. The molecule has 2 atom stereocenters. The van der Waals surface area contributed by atoms with E-state index in [1.807, 2.05) is 30.3 Å². The summed E-state index contributed by atoms with van der Waals surface area (Å²) in [5.74, 6) is 0.326. The first-order chi connectivity index (χ1) is 13.5. The minimum absolute atomic E-state index is 0.109. The zero-order valence-electron chi connectivity index (χ0n) is 16.3. The van der Waals surface area contributed by atoms with Crippen molar-refractivity contribution in [1.29, 1.82) is 0 Å². The van der Waals surface area contributed by atoms with Crippen molar-refractivity contribution in [3.05, 3.63) is 64.6 Å². The molecular weight excluding hydrogens is 356 g/mol. The van der Waals surface area contributed by atoms with Crippen molar-refractivity contribution in [3.8, 4) is 5.75 Å². The summed E-state index contributed by atoms with van der Waals surface area (Å²) in [6, 6.07) is 12.5. The number of piperidine rings is 1. The van der Waals surface area contributed by atoms with Gasteiger partial charge in [0.15, 0.2) is 0 Å². The average molecular weight is 384 g/mol. The van der Waals surface area contributed by atoms with E-state index in [9.17, 15) is 14.7 Å². The van der Waals surface area contributed by atoms with Crippen LogP contribution >= 0.6 is 0 Å². The second-order valence-electron chi connectivity index (χ2n) is 7.39. The van der Waals surface area contributed by atoms with E-state index in [1.165, 1.54) is 12.3 Å². The van der Waals surface area contributed by atoms with Crippen LogP contribution in [0.3, 0.4) is 0 Å². The number of carbonyl (C=O) groups excluding carboxylic acids is 1. The molecule has 0 radical (unpaired) electrons. The van der Waals surface area contributed by atoms with Crippen LogP contribution in [0.15, 0.2) is 53.5 Å². The summed E-state index contributed by atoms with van der Waals surface area (Å²) in [5.41, 5.74) is -1.29. The van der Waals surface area contributed by atoms with E-state index in [0.29, 0.717) is 25.1 Å².